The molecule has 0 saturated heterocycles. The van der Waals surface area contributed by atoms with Crippen molar-refractivity contribution in [2.75, 3.05) is 18.4 Å². The molecule has 0 fully saturated rings. The number of benzene rings is 1. The first kappa shape index (κ1) is 22.5. The number of carbonyl (C=O) groups is 2. The van der Waals surface area contributed by atoms with Gasteiger partial charge in [-0.1, -0.05) is 11.6 Å². The summed E-state index contributed by atoms with van der Waals surface area (Å²) in [7, 11) is 1.53. The Bertz CT molecular complexity index is 947. The molecule has 0 unspecified atom stereocenters. The molecular weight excluding hydrogens is 394 g/mol. The van der Waals surface area contributed by atoms with Crippen molar-refractivity contribution in [1.29, 1.82) is 0 Å². The summed E-state index contributed by atoms with van der Waals surface area (Å²) in [5.74, 6) is -0.261. The number of carbonyl (C=O) groups excluding carboxylic acids is 2. The van der Waals surface area contributed by atoms with E-state index in [0.717, 1.165) is 0 Å². The molecule has 0 atom stereocenters. The number of pyridine rings is 1. The maximum Gasteiger partial charge on any atom is 0.274 e. The van der Waals surface area contributed by atoms with Crippen LogP contribution in [0.5, 0.6) is 5.75 Å². The van der Waals surface area contributed by atoms with E-state index in [9.17, 15) is 14.4 Å². The first-order chi connectivity index (χ1) is 13.6. The number of nitrogens with one attached hydrogen (secondary N) is 1. The number of halogens is 1. The molecule has 7 nitrogen and oxygen atoms in total. The molecule has 0 aliphatic heterocycles. The molecule has 1 aromatic carbocycles. The number of rotatable bonds is 7. The number of anilines is 1. The van der Waals surface area contributed by atoms with E-state index in [4.69, 9.17) is 16.3 Å². The smallest absolute Gasteiger partial charge is 0.274 e. The summed E-state index contributed by atoms with van der Waals surface area (Å²) in [6.45, 7) is 8.02. The topological polar surface area (TPSA) is 80.6 Å². The number of ether oxygens (including phenoxy) is 1. The van der Waals surface area contributed by atoms with E-state index >= 15 is 0 Å². The van der Waals surface area contributed by atoms with E-state index in [2.05, 4.69) is 5.32 Å². The summed E-state index contributed by atoms with van der Waals surface area (Å²) >= 11 is 5.87. The third-order valence-electron chi connectivity index (χ3n) is 4.46. The Morgan fingerprint density at radius 2 is 1.76 bits per heavy atom. The maximum atomic E-state index is 12.8. The lowest BCUT2D eigenvalue weighted by Gasteiger charge is -2.25. The number of nitrogens with zero attached hydrogens (tertiary/aromatic N) is 2. The van der Waals surface area contributed by atoms with Crippen LogP contribution in [0.3, 0.4) is 0 Å². The molecule has 0 saturated carbocycles. The molecule has 1 heterocycles. The minimum absolute atomic E-state index is 0.0169. The summed E-state index contributed by atoms with van der Waals surface area (Å²) in [6, 6.07) is 8.02. The predicted octanol–water partition coefficient (Wildman–Crippen LogP) is 3.32. The Labute approximate surface area is 175 Å². The fourth-order valence-electron chi connectivity index (χ4n) is 2.73. The van der Waals surface area contributed by atoms with E-state index in [0.29, 0.717) is 29.4 Å². The highest BCUT2D eigenvalue weighted by Gasteiger charge is 2.31. The van der Waals surface area contributed by atoms with Crippen molar-refractivity contribution >= 4 is 29.1 Å². The zero-order valence-corrected chi connectivity index (χ0v) is 18.0. The van der Waals surface area contributed by atoms with Gasteiger partial charge >= 0.3 is 0 Å². The Balaban J connectivity index is 2.27. The fourth-order valence-corrected chi connectivity index (χ4v) is 2.85. The minimum atomic E-state index is -1.27. The van der Waals surface area contributed by atoms with Crippen molar-refractivity contribution < 1.29 is 14.3 Å². The molecular formula is C21H26ClN3O4. The van der Waals surface area contributed by atoms with Gasteiger partial charge < -0.3 is 19.5 Å². The summed E-state index contributed by atoms with van der Waals surface area (Å²) in [4.78, 5) is 39.5. The Morgan fingerprint density at radius 3 is 2.31 bits per heavy atom. The monoisotopic (exact) mass is 419 g/mol. The quantitative estimate of drug-likeness (QED) is 0.746. The van der Waals surface area contributed by atoms with Crippen molar-refractivity contribution in [3.8, 4) is 5.75 Å². The van der Waals surface area contributed by atoms with E-state index < -0.39 is 17.1 Å². The molecule has 1 aromatic heterocycles. The third kappa shape index (κ3) is 5.38. The van der Waals surface area contributed by atoms with Crippen molar-refractivity contribution in [2.45, 2.75) is 33.3 Å². The van der Waals surface area contributed by atoms with Gasteiger partial charge in [-0.25, -0.2) is 0 Å². The van der Waals surface area contributed by atoms with Crippen LogP contribution in [0.4, 0.5) is 5.69 Å². The lowest BCUT2D eigenvalue weighted by molar-refractivity contribution is -0.128. The normalized spacial score (nSPS) is 11.1. The van der Waals surface area contributed by atoms with Gasteiger partial charge in [0.05, 0.1) is 5.56 Å². The Hall–Kier alpha value is -2.80. The van der Waals surface area contributed by atoms with Crippen LogP contribution in [0, 0.1) is 0 Å². The highest BCUT2D eigenvalue weighted by atomic mass is 35.5. The molecule has 2 aromatic rings. The van der Waals surface area contributed by atoms with Gasteiger partial charge in [-0.2, -0.15) is 0 Å². The summed E-state index contributed by atoms with van der Waals surface area (Å²) < 4.78 is 7.03. The highest BCUT2D eigenvalue weighted by Crippen LogP contribution is 2.22. The second-order valence-electron chi connectivity index (χ2n) is 7.06. The third-order valence-corrected chi connectivity index (χ3v) is 4.71. The van der Waals surface area contributed by atoms with E-state index in [-0.39, 0.29) is 11.6 Å². The van der Waals surface area contributed by atoms with Gasteiger partial charge in [0.25, 0.3) is 17.4 Å². The molecule has 29 heavy (non-hydrogen) atoms. The first-order valence-electron chi connectivity index (χ1n) is 9.35. The van der Waals surface area contributed by atoms with Crippen molar-refractivity contribution in [3.63, 3.8) is 0 Å². The zero-order valence-electron chi connectivity index (χ0n) is 17.3. The van der Waals surface area contributed by atoms with Crippen molar-refractivity contribution in [2.24, 2.45) is 7.05 Å². The van der Waals surface area contributed by atoms with Crippen LogP contribution >= 0.6 is 11.6 Å². The molecule has 2 amide bonds. The van der Waals surface area contributed by atoms with Crippen LogP contribution in [-0.4, -0.2) is 40.0 Å². The van der Waals surface area contributed by atoms with Gasteiger partial charge in [0, 0.05) is 31.4 Å². The van der Waals surface area contributed by atoms with Gasteiger partial charge in [0.1, 0.15) is 11.4 Å². The van der Waals surface area contributed by atoms with Gasteiger partial charge in [-0.3, -0.25) is 14.4 Å². The summed E-state index contributed by atoms with van der Waals surface area (Å²) in [5, 5.41) is 3.15. The lowest BCUT2D eigenvalue weighted by atomic mass is 10.1. The molecule has 0 bridgehead atoms. The molecule has 8 heteroatoms. The number of hydrogen-bond donors (Lipinski definition) is 1. The molecule has 0 spiro atoms. The number of amides is 2. The van der Waals surface area contributed by atoms with Crippen LogP contribution in [-0.2, 0) is 11.8 Å². The summed E-state index contributed by atoms with van der Waals surface area (Å²) in [5.41, 5.74) is -1.35. The van der Waals surface area contributed by atoms with Crippen molar-refractivity contribution in [3.05, 3.63) is 57.5 Å². The van der Waals surface area contributed by atoms with E-state index in [1.54, 1.807) is 43.0 Å². The predicted molar refractivity (Wildman–Crippen MR) is 114 cm³/mol. The minimum Gasteiger partial charge on any atom is -0.478 e. The zero-order chi connectivity index (χ0) is 21.8. The molecule has 1 N–H and O–H groups in total. The molecule has 2 rings (SSSR count). The van der Waals surface area contributed by atoms with Crippen LogP contribution < -0.4 is 15.6 Å². The van der Waals surface area contributed by atoms with Crippen LogP contribution in [0.25, 0.3) is 0 Å². The lowest BCUT2D eigenvalue weighted by Crippen LogP contribution is -2.43. The second kappa shape index (κ2) is 9.13. The van der Waals surface area contributed by atoms with E-state index in [1.807, 2.05) is 13.8 Å². The van der Waals surface area contributed by atoms with E-state index in [1.165, 1.54) is 23.9 Å². The van der Waals surface area contributed by atoms with Crippen molar-refractivity contribution in [1.82, 2.24) is 9.47 Å². The average molecular weight is 420 g/mol. The molecule has 0 aliphatic carbocycles. The SMILES string of the molecule is CCN(CC)C(=O)c1cc(NC(=O)C(C)(C)Oc2ccc(Cl)cc2)c(=O)n(C)c1. The molecule has 0 aliphatic rings. The number of aromatic nitrogens is 1. The standard InChI is InChI=1S/C21H26ClN3O4/c1-6-25(7-2)18(26)14-12-17(19(27)24(5)13-14)23-20(28)21(3,4)29-16-10-8-15(22)9-11-16/h8-13H,6-7H2,1-5H3,(H,23,28). The summed E-state index contributed by atoms with van der Waals surface area (Å²) in [6.07, 6.45) is 1.47. The Kier molecular flexibility index (Phi) is 7.08. The maximum absolute atomic E-state index is 12.8. The molecule has 156 valence electrons. The molecule has 0 radical (unpaired) electrons. The van der Waals surface area contributed by atoms with Crippen LogP contribution in [0.2, 0.25) is 5.02 Å². The number of aryl methyl sites for hydroxylation is 1. The number of hydrogen-bond acceptors (Lipinski definition) is 4. The largest absolute Gasteiger partial charge is 0.478 e. The van der Waals surface area contributed by atoms with Crippen LogP contribution in [0.15, 0.2) is 41.3 Å². The first-order valence-corrected chi connectivity index (χ1v) is 9.72. The van der Waals surface area contributed by atoms with Gasteiger partial charge in [0.2, 0.25) is 0 Å². The Morgan fingerprint density at radius 1 is 1.17 bits per heavy atom. The second-order valence-corrected chi connectivity index (χ2v) is 7.49. The van der Waals surface area contributed by atoms with Gasteiger partial charge in [-0.05, 0) is 58.0 Å². The highest BCUT2D eigenvalue weighted by molar-refractivity contribution is 6.30. The van der Waals surface area contributed by atoms with Gasteiger partial charge in [-0.15, -0.1) is 0 Å². The average Bonchev–Trinajstić information content (AvgIpc) is 2.67. The van der Waals surface area contributed by atoms with Crippen LogP contribution in [0.1, 0.15) is 38.1 Å². The van der Waals surface area contributed by atoms with Gasteiger partial charge in [0.15, 0.2) is 5.60 Å². The fraction of sp³-hybridized carbons (Fsp3) is 0.381.